The third-order valence-corrected chi connectivity index (χ3v) is 3.59. The number of urea groups is 1. The lowest BCUT2D eigenvalue weighted by Gasteiger charge is -2.12. The van der Waals surface area contributed by atoms with Crippen molar-refractivity contribution in [2.45, 2.75) is 39.8 Å². The number of carbonyl (C=O) groups is 1. The highest BCUT2D eigenvalue weighted by atomic mass is 127. The van der Waals surface area contributed by atoms with Gasteiger partial charge in [0.25, 0.3) is 0 Å². The highest BCUT2D eigenvalue weighted by Gasteiger charge is 2.03. The molecule has 0 saturated carbocycles. The zero-order valence-corrected chi connectivity index (χ0v) is 20.2. The van der Waals surface area contributed by atoms with Gasteiger partial charge in [-0.15, -0.1) is 24.0 Å². The number of amides is 2. The standard InChI is InChI=1S/C20H35N5O3.HI/c1-5-21-19(22-11-6-12-28-14-13-27-4)23-15-17-7-9-18(10-8-17)25-20(26)24-16(2)3;/h7-10,16H,5-6,11-15H2,1-4H3,(H2,21,22,23)(H2,24,25,26);1H. The van der Waals surface area contributed by atoms with Gasteiger partial charge in [0.2, 0.25) is 0 Å². The minimum atomic E-state index is -0.203. The number of benzene rings is 1. The molecular weight excluding hydrogens is 485 g/mol. The maximum atomic E-state index is 11.7. The van der Waals surface area contributed by atoms with Crippen LogP contribution in [0.1, 0.15) is 32.8 Å². The number of carbonyl (C=O) groups excluding carboxylic acids is 1. The van der Waals surface area contributed by atoms with E-state index in [1.54, 1.807) is 7.11 Å². The fraction of sp³-hybridized carbons (Fsp3) is 0.600. The highest BCUT2D eigenvalue weighted by Crippen LogP contribution is 2.10. The Hall–Kier alpha value is -1.59. The van der Waals surface area contributed by atoms with E-state index in [0.717, 1.165) is 36.7 Å². The van der Waals surface area contributed by atoms with E-state index in [1.165, 1.54) is 0 Å². The largest absolute Gasteiger partial charge is 0.382 e. The molecule has 0 saturated heterocycles. The topological polar surface area (TPSA) is 96.0 Å². The molecule has 29 heavy (non-hydrogen) atoms. The van der Waals surface area contributed by atoms with Gasteiger partial charge in [0.1, 0.15) is 0 Å². The van der Waals surface area contributed by atoms with Crippen LogP contribution in [0.15, 0.2) is 29.3 Å². The zero-order chi connectivity index (χ0) is 20.6. The molecule has 0 aliphatic heterocycles. The summed E-state index contributed by atoms with van der Waals surface area (Å²) in [5, 5.41) is 12.1. The Balaban J connectivity index is 0.00000784. The van der Waals surface area contributed by atoms with Crippen molar-refractivity contribution in [1.82, 2.24) is 16.0 Å². The molecule has 1 aromatic carbocycles. The van der Waals surface area contributed by atoms with Crippen LogP contribution in [0.3, 0.4) is 0 Å². The summed E-state index contributed by atoms with van der Waals surface area (Å²) in [4.78, 5) is 16.3. The third kappa shape index (κ3) is 14.1. The first kappa shape index (κ1) is 27.4. The Morgan fingerprint density at radius 3 is 2.45 bits per heavy atom. The molecule has 9 heteroatoms. The van der Waals surface area contributed by atoms with Gasteiger partial charge in [-0.3, -0.25) is 0 Å². The van der Waals surface area contributed by atoms with Gasteiger partial charge in [-0.1, -0.05) is 12.1 Å². The molecule has 1 aromatic rings. The Bertz CT molecular complexity index is 582. The Morgan fingerprint density at radius 1 is 1.10 bits per heavy atom. The van der Waals surface area contributed by atoms with Gasteiger partial charge >= 0.3 is 6.03 Å². The van der Waals surface area contributed by atoms with Gasteiger partial charge in [-0.25, -0.2) is 9.79 Å². The monoisotopic (exact) mass is 521 g/mol. The van der Waals surface area contributed by atoms with Crippen LogP contribution in [0, 0.1) is 0 Å². The number of guanidine groups is 1. The number of hydrogen-bond donors (Lipinski definition) is 4. The van der Waals surface area contributed by atoms with Crippen LogP contribution < -0.4 is 21.3 Å². The van der Waals surface area contributed by atoms with E-state index in [1.807, 2.05) is 45.0 Å². The van der Waals surface area contributed by atoms with Crippen molar-refractivity contribution >= 4 is 41.7 Å². The molecule has 4 N–H and O–H groups in total. The van der Waals surface area contributed by atoms with Gasteiger partial charge in [0.15, 0.2) is 5.96 Å². The van der Waals surface area contributed by atoms with Gasteiger partial charge in [-0.05, 0) is 44.9 Å². The number of methoxy groups -OCH3 is 1. The van der Waals surface area contributed by atoms with Crippen LogP contribution >= 0.6 is 24.0 Å². The van der Waals surface area contributed by atoms with Crippen LogP contribution in [0.5, 0.6) is 0 Å². The molecule has 0 atom stereocenters. The van der Waals surface area contributed by atoms with E-state index in [4.69, 9.17) is 9.47 Å². The van der Waals surface area contributed by atoms with Crippen LogP contribution in [-0.2, 0) is 16.0 Å². The van der Waals surface area contributed by atoms with Crippen molar-refractivity contribution in [1.29, 1.82) is 0 Å². The highest BCUT2D eigenvalue weighted by molar-refractivity contribution is 14.0. The van der Waals surface area contributed by atoms with Crippen molar-refractivity contribution in [2.75, 3.05) is 45.3 Å². The molecule has 2 amide bonds. The molecule has 0 spiro atoms. The first-order chi connectivity index (χ1) is 13.5. The SMILES string of the molecule is CCNC(=NCc1ccc(NC(=O)NC(C)C)cc1)NCCCOCCOC.I. The number of rotatable bonds is 12. The Kier molecular flexibility index (Phi) is 16.3. The molecule has 0 fully saturated rings. The van der Waals surface area contributed by atoms with Crippen molar-refractivity contribution in [2.24, 2.45) is 4.99 Å². The summed E-state index contributed by atoms with van der Waals surface area (Å²) in [6, 6.07) is 7.57. The van der Waals surface area contributed by atoms with Crippen molar-refractivity contribution in [3.63, 3.8) is 0 Å². The third-order valence-electron chi connectivity index (χ3n) is 3.59. The first-order valence-corrected chi connectivity index (χ1v) is 9.80. The second-order valence-corrected chi connectivity index (χ2v) is 6.53. The summed E-state index contributed by atoms with van der Waals surface area (Å²) >= 11 is 0. The minimum absolute atomic E-state index is 0. The maximum Gasteiger partial charge on any atom is 0.319 e. The van der Waals surface area contributed by atoms with E-state index in [0.29, 0.717) is 26.4 Å². The number of halogens is 1. The average Bonchev–Trinajstić information content (AvgIpc) is 2.65. The molecule has 166 valence electrons. The fourth-order valence-corrected chi connectivity index (χ4v) is 2.26. The molecule has 0 aliphatic rings. The lowest BCUT2D eigenvalue weighted by atomic mass is 10.2. The molecule has 0 aromatic heterocycles. The maximum absolute atomic E-state index is 11.7. The molecule has 0 bridgehead atoms. The molecule has 0 heterocycles. The Labute approximate surface area is 191 Å². The van der Waals surface area contributed by atoms with E-state index < -0.39 is 0 Å². The molecule has 0 unspecified atom stereocenters. The van der Waals surface area contributed by atoms with E-state index in [9.17, 15) is 4.79 Å². The number of anilines is 1. The molecule has 0 radical (unpaired) electrons. The van der Waals surface area contributed by atoms with Crippen molar-refractivity contribution < 1.29 is 14.3 Å². The summed E-state index contributed by atoms with van der Waals surface area (Å²) in [5.41, 5.74) is 1.82. The predicted molar refractivity (Wildman–Crippen MR) is 129 cm³/mol. The second kappa shape index (κ2) is 17.3. The fourth-order valence-electron chi connectivity index (χ4n) is 2.26. The summed E-state index contributed by atoms with van der Waals surface area (Å²) < 4.78 is 10.4. The van der Waals surface area contributed by atoms with E-state index in [2.05, 4.69) is 26.3 Å². The van der Waals surface area contributed by atoms with Crippen LogP contribution in [0.25, 0.3) is 0 Å². The average molecular weight is 521 g/mol. The lowest BCUT2D eigenvalue weighted by Crippen LogP contribution is -2.38. The van der Waals surface area contributed by atoms with E-state index in [-0.39, 0.29) is 36.0 Å². The number of nitrogens with one attached hydrogen (secondary N) is 4. The lowest BCUT2D eigenvalue weighted by molar-refractivity contribution is 0.0698. The summed E-state index contributed by atoms with van der Waals surface area (Å²) in [5.74, 6) is 0.776. The van der Waals surface area contributed by atoms with E-state index >= 15 is 0 Å². The summed E-state index contributed by atoms with van der Waals surface area (Å²) in [7, 11) is 1.66. The molecule has 1 rings (SSSR count). The number of aliphatic imine (C=N–C) groups is 1. The molecule has 0 aliphatic carbocycles. The normalized spacial score (nSPS) is 11.0. The van der Waals surface area contributed by atoms with Gasteiger partial charge in [0, 0.05) is 38.5 Å². The smallest absolute Gasteiger partial charge is 0.319 e. The van der Waals surface area contributed by atoms with Gasteiger partial charge in [-0.2, -0.15) is 0 Å². The van der Waals surface area contributed by atoms with Crippen molar-refractivity contribution in [3.05, 3.63) is 29.8 Å². The zero-order valence-electron chi connectivity index (χ0n) is 17.9. The second-order valence-electron chi connectivity index (χ2n) is 6.53. The van der Waals surface area contributed by atoms with Gasteiger partial charge in [0.05, 0.1) is 19.8 Å². The number of nitrogens with zero attached hydrogens (tertiary/aromatic N) is 1. The summed E-state index contributed by atoms with van der Waals surface area (Å²) in [6.45, 7) is 9.94. The number of ether oxygens (including phenoxy) is 2. The molecular formula is C20H36IN5O3. The quantitative estimate of drug-likeness (QED) is 0.147. The van der Waals surface area contributed by atoms with Crippen LogP contribution in [-0.4, -0.2) is 58.1 Å². The number of hydrogen-bond acceptors (Lipinski definition) is 4. The van der Waals surface area contributed by atoms with Crippen LogP contribution in [0.2, 0.25) is 0 Å². The summed E-state index contributed by atoms with van der Waals surface area (Å²) in [6.07, 6.45) is 0.896. The Morgan fingerprint density at radius 2 is 1.83 bits per heavy atom. The van der Waals surface area contributed by atoms with Gasteiger partial charge < -0.3 is 30.7 Å². The van der Waals surface area contributed by atoms with Crippen LogP contribution in [0.4, 0.5) is 10.5 Å². The predicted octanol–water partition coefficient (Wildman–Crippen LogP) is 2.94. The minimum Gasteiger partial charge on any atom is -0.382 e. The van der Waals surface area contributed by atoms with Crippen molar-refractivity contribution in [3.8, 4) is 0 Å². The molecule has 8 nitrogen and oxygen atoms in total. The first-order valence-electron chi connectivity index (χ1n) is 9.80.